The number of ether oxygens (including phenoxy) is 1. The second kappa shape index (κ2) is 10.0. The predicted molar refractivity (Wildman–Crippen MR) is 126 cm³/mol. The molecule has 36 heavy (non-hydrogen) atoms. The van der Waals surface area contributed by atoms with Gasteiger partial charge in [0.25, 0.3) is 0 Å². The Hall–Kier alpha value is -2.62. The molecule has 0 atom stereocenters. The normalized spacial score (nSPS) is 27.0. The van der Waals surface area contributed by atoms with Crippen LogP contribution in [0.5, 0.6) is 0 Å². The lowest BCUT2D eigenvalue weighted by atomic mass is 9.68. The number of nitrogens with zero attached hydrogens (tertiary/aromatic N) is 3. The van der Waals surface area contributed by atoms with E-state index in [1.165, 1.54) is 5.56 Å². The molecular formula is C26H34F3N3O4. The third-order valence-electron chi connectivity index (χ3n) is 8.42. The van der Waals surface area contributed by atoms with Crippen molar-refractivity contribution in [2.24, 2.45) is 5.92 Å². The highest BCUT2D eigenvalue weighted by Gasteiger charge is 2.55. The molecule has 7 nitrogen and oxygen atoms in total. The molecule has 0 N–H and O–H groups in total. The van der Waals surface area contributed by atoms with E-state index in [0.717, 1.165) is 44.9 Å². The van der Waals surface area contributed by atoms with Crippen molar-refractivity contribution in [3.05, 3.63) is 35.9 Å². The van der Waals surface area contributed by atoms with E-state index in [-0.39, 0.29) is 23.7 Å². The maximum Gasteiger partial charge on any atom is 0.491 e. The summed E-state index contributed by atoms with van der Waals surface area (Å²) in [5, 5.41) is 0. The Bertz CT molecular complexity index is 970. The summed E-state index contributed by atoms with van der Waals surface area (Å²) in [6, 6.07) is 10.2. The second-order valence-corrected chi connectivity index (χ2v) is 10.6. The molecule has 0 bridgehead atoms. The first-order chi connectivity index (χ1) is 17.0. The van der Waals surface area contributed by atoms with Gasteiger partial charge in [0.2, 0.25) is 0 Å². The molecule has 3 aliphatic rings. The van der Waals surface area contributed by atoms with Crippen molar-refractivity contribution in [2.45, 2.75) is 68.6 Å². The van der Waals surface area contributed by atoms with Crippen LogP contribution < -0.4 is 0 Å². The summed E-state index contributed by atoms with van der Waals surface area (Å²) in [6.07, 6.45) is 0.894. The molecule has 1 aliphatic heterocycles. The van der Waals surface area contributed by atoms with Crippen LogP contribution >= 0.6 is 0 Å². The highest BCUT2D eigenvalue weighted by Crippen LogP contribution is 2.49. The van der Waals surface area contributed by atoms with Crippen molar-refractivity contribution in [2.75, 3.05) is 33.7 Å². The molecule has 10 heteroatoms. The minimum Gasteiger partial charge on any atom is -0.386 e. The van der Waals surface area contributed by atoms with Gasteiger partial charge in [0.1, 0.15) is 0 Å². The number of alkyl halides is 3. The average molecular weight is 510 g/mol. The summed E-state index contributed by atoms with van der Waals surface area (Å²) in [7, 11) is 4.16. The van der Waals surface area contributed by atoms with E-state index in [2.05, 4.69) is 35.9 Å². The van der Waals surface area contributed by atoms with Crippen molar-refractivity contribution in [3.63, 3.8) is 0 Å². The van der Waals surface area contributed by atoms with Gasteiger partial charge in [0.15, 0.2) is 0 Å². The van der Waals surface area contributed by atoms with Crippen LogP contribution in [0.4, 0.5) is 18.0 Å². The predicted octanol–water partition coefficient (Wildman–Crippen LogP) is 4.32. The number of benzene rings is 1. The molecule has 1 aromatic rings. The van der Waals surface area contributed by atoms with Gasteiger partial charge in [-0.05, 0) is 64.1 Å². The summed E-state index contributed by atoms with van der Waals surface area (Å²) in [6.45, 7) is 0.993. The van der Waals surface area contributed by atoms with Crippen LogP contribution in [0.15, 0.2) is 30.3 Å². The summed E-state index contributed by atoms with van der Waals surface area (Å²) >= 11 is 0. The lowest BCUT2D eigenvalue weighted by Crippen LogP contribution is -2.56. The third-order valence-corrected chi connectivity index (χ3v) is 8.42. The molecule has 2 amide bonds. The fraction of sp³-hybridized carbons (Fsp3) is 0.654. The third kappa shape index (κ3) is 5.10. The molecule has 1 saturated heterocycles. The zero-order valence-electron chi connectivity index (χ0n) is 20.9. The minimum atomic E-state index is -5.23. The molecule has 198 valence electrons. The Kier molecular flexibility index (Phi) is 7.37. The number of carbonyl (C=O) groups excluding carboxylic acids is 3. The summed E-state index contributed by atoms with van der Waals surface area (Å²) in [4.78, 5) is 42.0. The van der Waals surface area contributed by atoms with Crippen molar-refractivity contribution < 1.29 is 32.3 Å². The molecule has 3 fully saturated rings. The van der Waals surface area contributed by atoms with E-state index in [1.54, 1.807) is 4.90 Å². The molecule has 0 unspecified atom stereocenters. The Balaban J connectivity index is 1.48. The Morgan fingerprint density at radius 2 is 1.72 bits per heavy atom. The van der Waals surface area contributed by atoms with Crippen LogP contribution in [0.25, 0.3) is 0 Å². The van der Waals surface area contributed by atoms with Crippen LogP contribution in [-0.4, -0.2) is 78.1 Å². The zero-order chi connectivity index (χ0) is 26.1. The number of rotatable bonds is 7. The Morgan fingerprint density at radius 1 is 1.08 bits per heavy atom. The van der Waals surface area contributed by atoms with Gasteiger partial charge in [-0.25, -0.2) is 9.59 Å². The average Bonchev–Trinajstić information content (AvgIpc) is 3.05. The van der Waals surface area contributed by atoms with Crippen LogP contribution in [0, 0.1) is 5.92 Å². The van der Waals surface area contributed by atoms with E-state index in [9.17, 15) is 27.6 Å². The number of hydrogen-bond donors (Lipinski definition) is 0. The fourth-order valence-corrected chi connectivity index (χ4v) is 6.00. The zero-order valence-corrected chi connectivity index (χ0v) is 20.9. The Labute approximate surface area is 209 Å². The van der Waals surface area contributed by atoms with Crippen LogP contribution in [0.2, 0.25) is 0 Å². The summed E-state index contributed by atoms with van der Waals surface area (Å²) < 4.78 is 41.1. The molecule has 4 rings (SSSR count). The van der Waals surface area contributed by atoms with Crippen LogP contribution in [0.1, 0.15) is 56.9 Å². The quantitative estimate of drug-likeness (QED) is 0.405. The van der Waals surface area contributed by atoms with Crippen molar-refractivity contribution in [1.29, 1.82) is 0 Å². The van der Waals surface area contributed by atoms with Crippen LogP contribution in [0.3, 0.4) is 0 Å². The van der Waals surface area contributed by atoms with Gasteiger partial charge < -0.3 is 14.5 Å². The standard InChI is InChI=1S/C26H34F3N3O4/c1-30(2)25(20-9-4-3-5-10-20)14-12-24(13-15-25)18-31(23(35)32(24)17-19-7-6-8-19)16-11-21(33)36-22(34)26(27,28)29/h3-5,9-10,19H,6-8,11-18H2,1-2H3. The number of urea groups is 1. The maximum atomic E-state index is 13.5. The number of esters is 2. The Morgan fingerprint density at radius 3 is 2.25 bits per heavy atom. The molecule has 0 aromatic heterocycles. The van der Waals surface area contributed by atoms with Crippen LogP contribution in [-0.2, 0) is 19.9 Å². The van der Waals surface area contributed by atoms with Gasteiger partial charge in [-0.2, -0.15) is 13.2 Å². The number of amides is 2. The first-order valence-electron chi connectivity index (χ1n) is 12.6. The van der Waals surface area contributed by atoms with Gasteiger partial charge in [-0.1, -0.05) is 36.8 Å². The van der Waals surface area contributed by atoms with E-state index < -0.39 is 24.5 Å². The lowest BCUT2D eigenvalue weighted by molar-refractivity contribution is -0.201. The van der Waals surface area contributed by atoms with Crippen molar-refractivity contribution in [3.8, 4) is 0 Å². The van der Waals surface area contributed by atoms with E-state index >= 15 is 0 Å². The van der Waals surface area contributed by atoms with Gasteiger partial charge in [-0.3, -0.25) is 9.69 Å². The summed E-state index contributed by atoms with van der Waals surface area (Å²) in [5.41, 5.74) is 0.716. The number of hydrogen-bond acceptors (Lipinski definition) is 5. The minimum absolute atomic E-state index is 0.0801. The highest BCUT2D eigenvalue weighted by atomic mass is 19.4. The second-order valence-electron chi connectivity index (χ2n) is 10.6. The van der Waals surface area contributed by atoms with Crippen molar-refractivity contribution >= 4 is 18.0 Å². The first-order valence-corrected chi connectivity index (χ1v) is 12.6. The molecule has 1 aromatic carbocycles. The monoisotopic (exact) mass is 509 g/mol. The molecule has 1 heterocycles. The largest absolute Gasteiger partial charge is 0.491 e. The van der Waals surface area contributed by atoms with E-state index in [4.69, 9.17) is 0 Å². The lowest BCUT2D eigenvalue weighted by Gasteiger charge is -2.51. The summed E-state index contributed by atoms with van der Waals surface area (Å²) in [5.74, 6) is -3.36. The SMILES string of the molecule is CN(C)C1(c2ccccc2)CCC2(CC1)CN(CCC(=O)OC(=O)C(F)(F)F)C(=O)N2CC1CCC1. The molecule has 2 aliphatic carbocycles. The van der Waals surface area contributed by atoms with E-state index in [0.29, 0.717) is 19.0 Å². The fourth-order valence-electron chi connectivity index (χ4n) is 6.00. The van der Waals surface area contributed by atoms with E-state index in [1.807, 2.05) is 23.1 Å². The molecule has 0 radical (unpaired) electrons. The van der Waals surface area contributed by atoms with Gasteiger partial charge in [0.05, 0.1) is 12.0 Å². The smallest absolute Gasteiger partial charge is 0.386 e. The van der Waals surface area contributed by atoms with Gasteiger partial charge in [0, 0.05) is 25.2 Å². The maximum absolute atomic E-state index is 13.5. The highest BCUT2D eigenvalue weighted by molar-refractivity contribution is 5.88. The van der Waals surface area contributed by atoms with Gasteiger partial charge in [-0.15, -0.1) is 0 Å². The molecule has 2 saturated carbocycles. The first kappa shape index (κ1) is 26.4. The molecular weight excluding hydrogens is 475 g/mol. The van der Waals surface area contributed by atoms with Crippen molar-refractivity contribution in [1.82, 2.24) is 14.7 Å². The number of halogens is 3. The van der Waals surface area contributed by atoms with Gasteiger partial charge >= 0.3 is 24.1 Å². The molecule has 1 spiro atoms. The topological polar surface area (TPSA) is 70.2 Å². The number of carbonyl (C=O) groups is 3.